The monoisotopic (exact) mass is 376 g/mol. The summed E-state index contributed by atoms with van der Waals surface area (Å²) in [6.45, 7) is 8.16. The number of nitrogens with zero attached hydrogens (tertiary/aromatic N) is 3. The molecule has 142 valence electrons. The van der Waals surface area contributed by atoms with Crippen LogP contribution < -0.4 is 5.32 Å². The van der Waals surface area contributed by atoms with Gasteiger partial charge >= 0.3 is 6.03 Å². The normalized spacial score (nSPS) is 29.0. The molecule has 0 unspecified atom stereocenters. The van der Waals surface area contributed by atoms with E-state index in [1.54, 1.807) is 0 Å². The Balaban J connectivity index is 1.20. The Morgan fingerprint density at radius 3 is 2.54 bits per heavy atom. The summed E-state index contributed by atoms with van der Waals surface area (Å²) in [5, 5.41) is 3.81. The number of nitrogens with one attached hydrogen (secondary N) is 1. The van der Waals surface area contributed by atoms with Crippen molar-refractivity contribution in [3.8, 4) is 0 Å². The van der Waals surface area contributed by atoms with Crippen LogP contribution in [-0.4, -0.2) is 79.1 Å². The molecule has 0 aromatic heterocycles. The summed E-state index contributed by atoms with van der Waals surface area (Å²) in [7, 11) is 0. The van der Waals surface area contributed by atoms with Gasteiger partial charge in [-0.2, -0.15) is 0 Å². The summed E-state index contributed by atoms with van der Waals surface area (Å²) < 4.78 is 0. The van der Waals surface area contributed by atoms with Gasteiger partial charge in [-0.25, -0.2) is 4.79 Å². The van der Waals surface area contributed by atoms with Crippen LogP contribution in [0.5, 0.6) is 0 Å². The van der Waals surface area contributed by atoms with Gasteiger partial charge in [0.25, 0.3) is 0 Å². The summed E-state index contributed by atoms with van der Waals surface area (Å²) in [5.74, 6) is 0.873. The number of piperidine rings is 3. The second-order valence-electron chi connectivity index (χ2n) is 7.84. The van der Waals surface area contributed by atoms with Crippen molar-refractivity contribution in [3.05, 3.63) is 34.9 Å². The molecule has 0 aliphatic carbocycles. The van der Waals surface area contributed by atoms with E-state index in [1.807, 2.05) is 29.2 Å². The minimum atomic E-state index is 0.0700. The first-order chi connectivity index (χ1) is 12.7. The first-order valence-corrected chi connectivity index (χ1v) is 10.3. The van der Waals surface area contributed by atoms with Crippen LogP contribution in [-0.2, 0) is 6.42 Å². The van der Waals surface area contributed by atoms with Gasteiger partial charge in [0, 0.05) is 50.3 Å². The third-order valence-electron chi connectivity index (χ3n) is 6.27. The summed E-state index contributed by atoms with van der Waals surface area (Å²) in [6, 6.07) is 8.61. The van der Waals surface area contributed by atoms with E-state index in [9.17, 15) is 4.79 Å². The van der Waals surface area contributed by atoms with E-state index in [0.717, 1.165) is 49.1 Å². The van der Waals surface area contributed by atoms with Crippen molar-refractivity contribution in [2.45, 2.75) is 25.3 Å². The lowest BCUT2D eigenvalue weighted by Gasteiger charge is -2.50. The number of hydrogen-bond donors (Lipinski definition) is 1. The first-order valence-electron chi connectivity index (χ1n) is 9.93. The van der Waals surface area contributed by atoms with E-state index >= 15 is 0 Å². The van der Waals surface area contributed by atoms with Gasteiger partial charge in [0.1, 0.15) is 0 Å². The zero-order chi connectivity index (χ0) is 17.9. The molecule has 1 aromatic carbocycles. The fourth-order valence-corrected chi connectivity index (χ4v) is 4.94. The lowest BCUT2D eigenvalue weighted by atomic mass is 9.83. The molecule has 0 saturated carbocycles. The topological polar surface area (TPSA) is 38.8 Å². The number of fused-ring (bicyclic) bond motifs is 3. The highest BCUT2D eigenvalue weighted by Crippen LogP contribution is 2.31. The van der Waals surface area contributed by atoms with Crippen molar-refractivity contribution < 1.29 is 4.79 Å². The van der Waals surface area contributed by atoms with Gasteiger partial charge in [-0.05, 0) is 56.0 Å². The van der Waals surface area contributed by atoms with E-state index in [1.165, 1.54) is 32.5 Å². The molecule has 26 heavy (non-hydrogen) atoms. The minimum Gasteiger partial charge on any atom is -0.338 e. The Morgan fingerprint density at radius 2 is 1.88 bits per heavy atom. The highest BCUT2D eigenvalue weighted by molar-refractivity contribution is 6.30. The van der Waals surface area contributed by atoms with Gasteiger partial charge in [0.15, 0.2) is 0 Å². The van der Waals surface area contributed by atoms with E-state index < -0.39 is 0 Å². The quantitative estimate of drug-likeness (QED) is 0.876. The molecule has 4 aliphatic rings. The number of carbonyl (C=O) groups excluding carboxylic acids is 1. The lowest BCUT2D eigenvalue weighted by molar-refractivity contribution is -0.0103. The molecule has 5 nitrogen and oxygen atoms in total. The molecule has 0 radical (unpaired) electrons. The molecule has 4 fully saturated rings. The second kappa shape index (κ2) is 8.15. The molecule has 1 N–H and O–H groups in total. The Bertz CT molecular complexity index is 624. The maximum Gasteiger partial charge on any atom is 0.317 e. The average Bonchev–Trinajstić information content (AvgIpc) is 2.69. The standard InChI is InChI=1S/C20H29ClN4O/c21-18-3-1-2-16(14-18)4-7-22-20(26)25-12-10-24(11-13-25)19-15-23-8-5-17(19)6-9-23/h1-3,14,17,19H,4-13,15H2,(H,22,26)/t19-/m1/s1. The molecule has 1 atom stereocenters. The molecule has 5 rings (SSSR count). The molecule has 4 aliphatic heterocycles. The first kappa shape index (κ1) is 18.1. The Labute approximate surface area is 161 Å². The fraction of sp³-hybridized carbons (Fsp3) is 0.650. The number of rotatable bonds is 4. The number of piperazine rings is 1. The van der Waals surface area contributed by atoms with Crippen LogP contribution in [0.3, 0.4) is 0 Å². The summed E-state index contributed by atoms with van der Waals surface area (Å²) in [4.78, 5) is 19.6. The van der Waals surface area contributed by atoms with Crippen LogP contribution in [0.4, 0.5) is 4.79 Å². The van der Waals surface area contributed by atoms with Crippen LogP contribution in [0.2, 0.25) is 5.02 Å². The van der Waals surface area contributed by atoms with Crippen LogP contribution in [0, 0.1) is 5.92 Å². The zero-order valence-electron chi connectivity index (χ0n) is 15.4. The Kier molecular flexibility index (Phi) is 5.67. The predicted octanol–water partition coefficient (Wildman–Crippen LogP) is 2.30. The Hall–Kier alpha value is -1.30. The van der Waals surface area contributed by atoms with Crippen LogP contribution in [0.25, 0.3) is 0 Å². The molecular weight excluding hydrogens is 348 g/mol. The SMILES string of the molecule is O=C(NCCc1cccc(Cl)c1)N1CCN([C@@H]2CN3CCC2CC3)CC1. The van der Waals surface area contributed by atoms with Crippen LogP contribution in [0.1, 0.15) is 18.4 Å². The number of benzene rings is 1. The number of urea groups is 1. The molecule has 4 heterocycles. The van der Waals surface area contributed by atoms with Crippen molar-refractivity contribution in [2.24, 2.45) is 5.92 Å². The van der Waals surface area contributed by atoms with Gasteiger partial charge in [-0.15, -0.1) is 0 Å². The molecular formula is C20H29ClN4O. The van der Waals surface area contributed by atoms with E-state index in [-0.39, 0.29) is 6.03 Å². The second-order valence-corrected chi connectivity index (χ2v) is 8.28. The van der Waals surface area contributed by atoms with Crippen molar-refractivity contribution in [1.29, 1.82) is 0 Å². The molecule has 0 spiro atoms. The number of amides is 2. The number of halogens is 1. The summed E-state index contributed by atoms with van der Waals surface area (Å²) in [6.07, 6.45) is 3.52. The lowest BCUT2D eigenvalue weighted by Crippen LogP contribution is -2.62. The van der Waals surface area contributed by atoms with Crippen LogP contribution >= 0.6 is 11.6 Å². The third-order valence-corrected chi connectivity index (χ3v) is 6.51. The molecule has 2 bridgehead atoms. The van der Waals surface area contributed by atoms with Gasteiger partial charge in [0.05, 0.1) is 0 Å². The van der Waals surface area contributed by atoms with Crippen molar-refractivity contribution in [2.75, 3.05) is 52.4 Å². The maximum atomic E-state index is 12.4. The average molecular weight is 377 g/mol. The van der Waals surface area contributed by atoms with Gasteiger partial charge < -0.3 is 15.1 Å². The van der Waals surface area contributed by atoms with Crippen molar-refractivity contribution >= 4 is 17.6 Å². The summed E-state index contributed by atoms with van der Waals surface area (Å²) in [5.41, 5.74) is 1.16. The fourth-order valence-electron chi connectivity index (χ4n) is 4.72. The largest absolute Gasteiger partial charge is 0.338 e. The van der Waals surface area contributed by atoms with Crippen LogP contribution in [0.15, 0.2) is 24.3 Å². The smallest absolute Gasteiger partial charge is 0.317 e. The van der Waals surface area contributed by atoms with Gasteiger partial charge in [0.2, 0.25) is 0 Å². The molecule has 4 saturated heterocycles. The molecule has 1 aromatic rings. The number of carbonyl (C=O) groups is 1. The zero-order valence-corrected chi connectivity index (χ0v) is 16.1. The highest BCUT2D eigenvalue weighted by Gasteiger charge is 2.38. The van der Waals surface area contributed by atoms with E-state index in [4.69, 9.17) is 11.6 Å². The van der Waals surface area contributed by atoms with Gasteiger partial charge in [-0.3, -0.25) is 4.90 Å². The Morgan fingerprint density at radius 1 is 1.12 bits per heavy atom. The molecule has 6 heteroatoms. The number of hydrogen-bond acceptors (Lipinski definition) is 3. The molecule has 2 amide bonds. The van der Waals surface area contributed by atoms with E-state index in [2.05, 4.69) is 15.1 Å². The maximum absolute atomic E-state index is 12.4. The third kappa shape index (κ3) is 4.16. The van der Waals surface area contributed by atoms with Crippen molar-refractivity contribution in [1.82, 2.24) is 20.0 Å². The van der Waals surface area contributed by atoms with E-state index in [0.29, 0.717) is 12.6 Å². The van der Waals surface area contributed by atoms with Gasteiger partial charge in [-0.1, -0.05) is 23.7 Å². The van der Waals surface area contributed by atoms with Crippen molar-refractivity contribution in [3.63, 3.8) is 0 Å². The minimum absolute atomic E-state index is 0.0700. The highest BCUT2D eigenvalue weighted by atomic mass is 35.5. The summed E-state index contributed by atoms with van der Waals surface area (Å²) >= 11 is 6.01. The predicted molar refractivity (Wildman–Crippen MR) is 105 cm³/mol.